The monoisotopic (exact) mass is 402 g/mol. The predicted octanol–water partition coefficient (Wildman–Crippen LogP) is 4.38. The number of guanidine groups is 1. The molecule has 1 atom stereocenters. The molecule has 1 aliphatic heterocycles. The van der Waals surface area contributed by atoms with Crippen LogP contribution in [0.25, 0.3) is 16.0 Å². The minimum atomic E-state index is -0.798. The van der Waals surface area contributed by atoms with E-state index < -0.39 is 5.72 Å². The van der Waals surface area contributed by atoms with Crippen molar-refractivity contribution in [3.05, 3.63) is 65.0 Å². The number of methoxy groups -OCH3 is 1. The van der Waals surface area contributed by atoms with E-state index in [1.54, 1.807) is 12.2 Å². The van der Waals surface area contributed by atoms with Crippen molar-refractivity contribution >= 4 is 11.6 Å². The van der Waals surface area contributed by atoms with E-state index >= 15 is 0 Å². The topological polar surface area (TPSA) is 64.4 Å². The van der Waals surface area contributed by atoms with E-state index in [1.807, 2.05) is 31.3 Å². The molecule has 2 N–H and O–H groups in total. The first-order chi connectivity index (χ1) is 14.5. The Hall–Kier alpha value is -2.88. The highest BCUT2D eigenvalue weighted by Gasteiger charge is 2.63. The standard InChI is InChI=1S/C24H26N4O2/c1-26-19-6-4-5-16(13-19)17-7-8-18-15-23(11-9-20(29-3)10-12-23)24(21(18)14-17)27-22(25)28(2)30-24/h4-8,13-14,20H,9-12,15H2,2-3H3,(H2,25,27). The average molecular weight is 402 g/mol. The van der Waals surface area contributed by atoms with E-state index in [-0.39, 0.29) is 5.41 Å². The fourth-order valence-corrected chi connectivity index (χ4v) is 5.47. The van der Waals surface area contributed by atoms with Gasteiger partial charge in [0, 0.05) is 25.1 Å². The maximum atomic E-state index is 7.32. The fourth-order valence-electron chi connectivity index (χ4n) is 5.47. The molecule has 1 unspecified atom stereocenters. The Morgan fingerprint density at radius 1 is 1.20 bits per heavy atom. The molecular weight excluding hydrogens is 376 g/mol. The van der Waals surface area contributed by atoms with Gasteiger partial charge >= 0.3 is 0 Å². The van der Waals surface area contributed by atoms with Crippen molar-refractivity contribution in [1.82, 2.24) is 5.06 Å². The van der Waals surface area contributed by atoms with Gasteiger partial charge in [0.05, 0.1) is 12.7 Å². The summed E-state index contributed by atoms with van der Waals surface area (Å²) in [4.78, 5) is 15.0. The Labute approximate surface area is 177 Å². The van der Waals surface area contributed by atoms with Crippen molar-refractivity contribution in [2.75, 3.05) is 14.2 Å². The summed E-state index contributed by atoms with van der Waals surface area (Å²) in [7, 11) is 3.62. The molecule has 0 bridgehead atoms. The van der Waals surface area contributed by atoms with E-state index in [1.165, 1.54) is 5.56 Å². The third kappa shape index (κ3) is 2.66. The lowest BCUT2D eigenvalue weighted by molar-refractivity contribution is -0.232. The molecule has 2 aromatic carbocycles. The number of hydrogen-bond acceptors (Lipinski definition) is 5. The Morgan fingerprint density at radius 2 is 1.97 bits per heavy atom. The second-order valence-electron chi connectivity index (χ2n) is 8.63. The number of benzene rings is 2. The number of hydroxylamine groups is 2. The van der Waals surface area contributed by atoms with Crippen LogP contribution in [-0.2, 0) is 21.7 Å². The van der Waals surface area contributed by atoms with E-state index in [2.05, 4.69) is 23.0 Å². The number of nitrogens with zero attached hydrogens (tertiary/aromatic N) is 3. The largest absolute Gasteiger partial charge is 0.381 e. The summed E-state index contributed by atoms with van der Waals surface area (Å²) in [5, 5.41) is 1.60. The predicted molar refractivity (Wildman–Crippen MR) is 116 cm³/mol. The van der Waals surface area contributed by atoms with E-state index in [4.69, 9.17) is 26.9 Å². The summed E-state index contributed by atoms with van der Waals surface area (Å²) in [6.45, 7) is 7.32. The molecule has 1 heterocycles. The first-order valence-electron chi connectivity index (χ1n) is 10.4. The zero-order chi connectivity index (χ0) is 20.9. The summed E-state index contributed by atoms with van der Waals surface area (Å²) in [6.07, 6.45) is 5.17. The number of aliphatic imine (C=N–C) groups is 1. The molecule has 0 amide bonds. The van der Waals surface area contributed by atoms with Gasteiger partial charge in [-0.15, -0.1) is 0 Å². The Balaban J connectivity index is 1.62. The molecule has 0 aromatic heterocycles. The van der Waals surface area contributed by atoms with E-state index in [0.717, 1.165) is 48.8 Å². The molecule has 2 aliphatic carbocycles. The van der Waals surface area contributed by atoms with Gasteiger partial charge < -0.3 is 10.5 Å². The van der Waals surface area contributed by atoms with Crippen molar-refractivity contribution in [2.45, 2.75) is 43.9 Å². The van der Waals surface area contributed by atoms with Gasteiger partial charge in [0.1, 0.15) is 0 Å². The van der Waals surface area contributed by atoms with E-state index in [0.29, 0.717) is 17.8 Å². The number of fused-ring (bicyclic) bond motifs is 3. The van der Waals surface area contributed by atoms with Crippen molar-refractivity contribution in [3.63, 3.8) is 0 Å². The molecule has 2 aromatic rings. The van der Waals surface area contributed by atoms with Crippen LogP contribution in [0.3, 0.4) is 0 Å². The molecule has 0 saturated heterocycles. The fraction of sp³-hybridized carbons (Fsp3) is 0.417. The van der Waals surface area contributed by atoms with Gasteiger partial charge in [0.25, 0.3) is 0 Å². The minimum Gasteiger partial charge on any atom is -0.381 e. The number of rotatable bonds is 2. The number of hydrogen-bond donors (Lipinski definition) is 1. The van der Waals surface area contributed by atoms with Crippen LogP contribution in [0.2, 0.25) is 0 Å². The zero-order valence-corrected chi connectivity index (χ0v) is 17.4. The molecule has 3 aliphatic rings. The minimum absolute atomic E-state index is 0.128. The van der Waals surface area contributed by atoms with Crippen molar-refractivity contribution < 1.29 is 9.57 Å². The molecule has 1 fully saturated rings. The van der Waals surface area contributed by atoms with Crippen LogP contribution in [-0.4, -0.2) is 31.3 Å². The number of ether oxygens (including phenoxy) is 1. The summed E-state index contributed by atoms with van der Waals surface area (Å²) in [5.74, 6) is 0.413. The maximum absolute atomic E-state index is 7.32. The Kier molecular flexibility index (Phi) is 4.35. The van der Waals surface area contributed by atoms with Gasteiger partial charge in [-0.1, -0.05) is 30.3 Å². The highest BCUT2D eigenvalue weighted by molar-refractivity contribution is 5.79. The maximum Gasteiger partial charge on any atom is 0.220 e. The average Bonchev–Trinajstić information content (AvgIpc) is 3.22. The van der Waals surface area contributed by atoms with Gasteiger partial charge in [-0.3, -0.25) is 0 Å². The third-order valence-corrected chi connectivity index (χ3v) is 7.12. The number of nitrogens with two attached hydrogens (primary N) is 1. The molecule has 1 saturated carbocycles. The van der Waals surface area contributed by atoms with Crippen LogP contribution in [0.1, 0.15) is 36.8 Å². The van der Waals surface area contributed by atoms with Crippen LogP contribution in [0, 0.1) is 12.0 Å². The highest BCUT2D eigenvalue weighted by Crippen LogP contribution is 2.62. The quantitative estimate of drug-likeness (QED) is 0.757. The van der Waals surface area contributed by atoms with Crippen LogP contribution in [0.4, 0.5) is 5.69 Å². The van der Waals surface area contributed by atoms with Crippen LogP contribution in [0.5, 0.6) is 0 Å². The van der Waals surface area contributed by atoms with Gasteiger partial charge in [0.2, 0.25) is 11.7 Å². The zero-order valence-electron chi connectivity index (χ0n) is 17.4. The second-order valence-corrected chi connectivity index (χ2v) is 8.63. The van der Waals surface area contributed by atoms with Crippen LogP contribution >= 0.6 is 0 Å². The molecule has 154 valence electrons. The van der Waals surface area contributed by atoms with Crippen LogP contribution < -0.4 is 5.73 Å². The lowest BCUT2D eigenvalue weighted by Gasteiger charge is -2.45. The molecule has 5 rings (SSSR count). The summed E-state index contributed by atoms with van der Waals surface area (Å²) >= 11 is 0. The van der Waals surface area contributed by atoms with Gasteiger partial charge in [-0.2, -0.15) is 0 Å². The van der Waals surface area contributed by atoms with Crippen LogP contribution in [0.15, 0.2) is 47.5 Å². The summed E-state index contributed by atoms with van der Waals surface area (Å²) in [6, 6.07) is 14.2. The highest BCUT2D eigenvalue weighted by atomic mass is 16.7. The molecule has 6 nitrogen and oxygen atoms in total. The lowest BCUT2D eigenvalue weighted by atomic mass is 9.66. The molecule has 2 spiro atoms. The van der Waals surface area contributed by atoms with E-state index in [9.17, 15) is 0 Å². The van der Waals surface area contributed by atoms with Crippen molar-refractivity contribution in [1.29, 1.82) is 0 Å². The molecule has 6 heteroatoms. The Morgan fingerprint density at radius 3 is 2.63 bits per heavy atom. The molecular formula is C24H26N4O2. The van der Waals surface area contributed by atoms with Crippen molar-refractivity contribution in [3.8, 4) is 11.1 Å². The Bertz CT molecular complexity index is 1070. The normalized spacial score (nSPS) is 29.8. The molecule has 30 heavy (non-hydrogen) atoms. The lowest BCUT2D eigenvalue weighted by Crippen LogP contribution is -2.46. The van der Waals surface area contributed by atoms with Gasteiger partial charge in [-0.25, -0.2) is 19.7 Å². The smallest absolute Gasteiger partial charge is 0.220 e. The third-order valence-electron chi connectivity index (χ3n) is 7.12. The first kappa shape index (κ1) is 19.1. The summed E-state index contributed by atoms with van der Waals surface area (Å²) in [5.41, 5.74) is 10.4. The first-order valence-corrected chi connectivity index (χ1v) is 10.4. The van der Waals surface area contributed by atoms with Gasteiger partial charge in [0.15, 0.2) is 5.69 Å². The summed E-state index contributed by atoms with van der Waals surface area (Å²) < 4.78 is 5.63. The molecule has 0 radical (unpaired) electrons. The SMILES string of the molecule is [C-]#[N+]c1cccc(-c2ccc3c(c2)C2(N=C(N)N(C)O2)C2(CCC(OC)CC2)C3)c1. The van der Waals surface area contributed by atoms with Crippen molar-refractivity contribution in [2.24, 2.45) is 16.1 Å². The second kappa shape index (κ2) is 6.83. The van der Waals surface area contributed by atoms with Gasteiger partial charge in [-0.05, 0) is 60.9 Å².